The summed E-state index contributed by atoms with van der Waals surface area (Å²) in [6, 6.07) is 5.70. The standard InChI is InChI=1S/C24H25N5O4/c1-13-17-3-5-29(24(17)27-12-26-13)19-8-21(23(31)22(19)30)33-20-7-15(16-9-28-32-11-16)6-14-2-4-25-10-18(14)20/h3,5-7,9,11-12,19,21-23,25,30-31H,2,4,8,10H2,1H3/t19-,21+,22+,23-/m1/s1. The minimum Gasteiger partial charge on any atom is -0.487 e. The van der Waals surface area contributed by atoms with Gasteiger partial charge in [-0.25, -0.2) is 9.97 Å². The minimum absolute atomic E-state index is 0.355. The van der Waals surface area contributed by atoms with Crippen LogP contribution in [0, 0.1) is 6.92 Å². The first-order valence-electron chi connectivity index (χ1n) is 11.2. The first kappa shape index (κ1) is 20.3. The van der Waals surface area contributed by atoms with Crippen LogP contribution in [0.1, 0.15) is 29.3 Å². The number of aliphatic hydroxyl groups excluding tert-OH is 2. The second-order valence-corrected chi connectivity index (χ2v) is 8.81. The molecule has 1 aliphatic heterocycles. The van der Waals surface area contributed by atoms with Crippen molar-refractivity contribution in [2.24, 2.45) is 0 Å². The summed E-state index contributed by atoms with van der Waals surface area (Å²) in [5.41, 5.74) is 5.75. The van der Waals surface area contributed by atoms with Crippen LogP contribution in [0.25, 0.3) is 22.2 Å². The monoisotopic (exact) mass is 447 g/mol. The Hall–Kier alpha value is -3.27. The van der Waals surface area contributed by atoms with Crippen molar-refractivity contribution < 1.29 is 19.5 Å². The van der Waals surface area contributed by atoms with Crippen molar-refractivity contribution in [2.75, 3.05) is 6.54 Å². The third-order valence-electron chi connectivity index (χ3n) is 6.88. The highest BCUT2D eigenvalue weighted by Crippen LogP contribution is 2.39. The molecule has 3 aromatic heterocycles. The summed E-state index contributed by atoms with van der Waals surface area (Å²) in [6.45, 7) is 3.52. The maximum atomic E-state index is 10.9. The molecule has 1 fully saturated rings. The molecule has 1 saturated carbocycles. The quantitative estimate of drug-likeness (QED) is 0.436. The van der Waals surface area contributed by atoms with Crippen LogP contribution in [0.2, 0.25) is 0 Å². The van der Waals surface area contributed by atoms with E-state index < -0.39 is 18.3 Å². The number of nitrogens with one attached hydrogen (secondary N) is 1. The Morgan fingerprint density at radius 1 is 1.18 bits per heavy atom. The van der Waals surface area contributed by atoms with E-state index in [1.807, 2.05) is 29.8 Å². The van der Waals surface area contributed by atoms with Gasteiger partial charge < -0.3 is 29.4 Å². The van der Waals surface area contributed by atoms with E-state index >= 15 is 0 Å². The highest BCUT2D eigenvalue weighted by molar-refractivity contribution is 5.78. The van der Waals surface area contributed by atoms with Crippen LogP contribution < -0.4 is 10.1 Å². The smallest absolute Gasteiger partial charge is 0.143 e. The summed E-state index contributed by atoms with van der Waals surface area (Å²) in [7, 11) is 0. The van der Waals surface area contributed by atoms with Crippen LogP contribution in [0.4, 0.5) is 0 Å². The summed E-state index contributed by atoms with van der Waals surface area (Å²) in [4.78, 5) is 8.65. The van der Waals surface area contributed by atoms with Crippen LogP contribution in [0.5, 0.6) is 5.75 Å². The Morgan fingerprint density at radius 3 is 2.94 bits per heavy atom. The molecule has 9 nitrogen and oxygen atoms in total. The molecule has 4 heterocycles. The summed E-state index contributed by atoms with van der Waals surface area (Å²) >= 11 is 0. The summed E-state index contributed by atoms with van der Waals surface area (Å²) in [5.74, 6) is 0.711. The molecule has 0 radical (unpaired) electrons. The minimum atomic E-state index is -1.03. The Labute approximate surface area is 190 Å². The van der Waals surface area contributed by atoms with E-state index in [-0.39, 0.29) is 6.04 Å². The van der Waals surface area contributed by atoms with Crippen LogP contribution >= 0.6 is 0 Å². The molecule has 4 aromatic rings. The molecule has 1 aliphatic carbocycles. The van der Waals surface area contributed by atoms with Gasteiger partial charge in [0.25, 0.3) is 0 Å². The number of hydrogen-bond donors (Lipinski definition) is 3. The normalized spacial score (nSPS) is 24.8. The van der Waals surface area contributed by atoms with Crippen molar-refractivity contribution in [2.45, 2.75) is 50.7 Å². The fourth-order valence-corrected chi connectivity index (χ4v) is 5.07. The van der Waals surface area contributed by atoms with E-state index in [2.05, 4.69) is 26.5 Å². The first-order valence-corrected chi connectivity index (χ1v) is 11.2. The number of aryl methyl sites for hydroxylation is 1. The van der Waals surface area contributed by atoms with Gasteiger partial charge in [0.1, 0.15) is 42.3 Å². The molecule has 0 amide bonds. The van der Waals surface area contributed by atoms with Crippen LogP contribution in [0.3, 0.4) is 0 Å². The molecule has 4 atom stereocenters. The van der Waals surface area contributed by atoms with Gasteiger partial charge in [0.05, 0.1) is 17.9 Å². The number of aliphatic hydroxyl groups is 2. The number of ether oxygens (including phenoxy) is 1. The molecule has 1 aromatic carbocycles. The molecular formula is C24H25N5O4. The summed E-state index contributed by atoms with van der Waals surface area (Å²) in [5, 5.41) is 30.0. The SMILES string of the molecule is Cc1ncnc2c1ccn2[C@@H]1C[C@H](Oc2cc(-c3cnoc3)cc3c2CNCC3)[C@@H](O)[C@H]1O. The topological polar surface area (TPSA) is 118 Å². The Bertz CT molecular complexity index is 1300. The van der Waals surface area contributed by atoms with Crippen molar-refractivity contribution in [3.8, 4) is 16.9 Å². The van der Waals surface area contributed by atoms with Crippen LogP contribution in [-0.4, -0.2) is 54.8 Å². The number of benzene rings is 1. The van der Waals surface area contributed by atoms with Gasteiger partial charge in [-0.1, -0.05) is 11.2 Å². The zero-order valence-corrected chi connectivity index (χ0v) is 18.2. The van der Waals surface area contributed by atoms with E-state index in [1.165, 1.54) is 11.9 Å². The molecule has 2 aliphatic rings. The molecule has 170 valence electrons. The van der Waals surface area contributed by atoms with Crippen molar-refractivity contribution >= 4 is 11.0 Å². The van der Waals surface area contributed by atoms with Gasteiger partial charge >= 0.3 is 0 Å². The van der Waals surface area contributed by atoms with Gasteiger partial charge in [0.2, 0.25) is 0 Å². The number of fused-ring (bicyclic) bond motifs is 2. The van der Waals surface area contributed by atoms with Gasteiger partial charge in [-0.2, -0.15) is 0 Å². The first-order chi connectivity index (χ1) is 16.1. The van der Waals surface area contributed by atoms with Crippen molar-refractivity contribution in [1.29, 1.82) is 0 Å². The highest BCUT2D eigenvalue weighted by Gasteiger charge is 2.44. The third kappa shape index (κ3) is 3.40. The van der Waals surface area contributed by atoms with Crippen LogP contribution in [0.15, 0.2) is 47.7 Å². The molecule has 0 unspecified atom stereocenters. The lowest BCUT2D eigenvalue weighted by Crippen LogP contribution is -2.34. The molecular weight excluding hydrogens is 422 g/mol. The number of rotatable bonds is 4. The molecule has 6 rings (SSSR count). The van der Waals surface area contributed by atoms with E-state index in [4.69, 9.17) is 9.26 Å². The molecule has 33 heavy (non-hydrogen) atoms. The fourth-order valence-electron chi connectivity index (χ4n) is 5.07. The molecule has 9 heteroatoms. The molecule has 0 spiro atoms. The van der Waals surface area contributed by atoms with Gasteiger partial charge in [-0.05, 0) is 43.1 Å². The Balaban J connectivity index is 1.33. The number of aromatic nitrogens is 4. The average Bonchev–Trinajstić information content (AvgIpc) is 3.56. The molecule has 0 saturated heterocycles. The largest absolute Gasteiger partial charge is 0.487 e. The van der Waals surface area contributed by atoms with Crippen molar-refractivity contribution in [1.82, 2.24) is 25.0 Å². The highest BCUT2D eigenvalue weighted by atomic mass is 16.5. The van der Waals surface area contributed by atoms with E-state index in [0.717, 1.165) is 46.4 Å². The average molecular weight is 447 g/mol. The summed E-state index contributed by atoms with van der Waals surface area (Å²) < 4.78 is 13.4. The van der Waals surface area contributed by atoms with E-state index in [1.54, 1.807) is 12.5 Å². The van der Waals surface area contributed by atoms with Gasteiger partial charge in [0, 0.05) is 35.7 Å². The van der Waals surface area contributed by atoms with E-state index in [0.29, 0.717) is 18.7 Å². The maximum absolute atomic E-state index is 10.9. The predicted molar refractivity (Wildman–Crippen MR) is 120 cm³/mol. The van der Waals surface area contributed by atoms with Crippen LogP contribution in [-0.2, 0) is 13.0 Å². The zero-order chi connectivity index (χ0) is 22.5. The summed E-state index contributed by atoms with van der Waals surface area (Å²) in [6.07, 6.45) is 5.48. The lowest BCUT2D eigenvalue weighted by molar-refractivity contribution is -0.0166. The predicted octanol–water partition coefficient (Wildman–Crippen LogP) is 2.15. The van der Waals surface area contributed by atoms with Crippen molar-refractivity contribution in [3.63, 3.8) is 0 Å². The van der Waals surface area contributed by atoms with E-state index in [9.17, 15) is 10.2 Å². The fraction of sp³-hybridized carbons (Fsp3) is 0.375. The van der Waals surface area contributed by atoms with Gasteiger partial charge in [-0.3, -0.25) is 0 Å². The van der Waals surface area contributed by atoms with Crippen molar-refractivity contribution in [3.05, 3.63) is 60.0 Å². The van der Waals surface area contributed by atoms with Gasteiger partial charge in [0.15, 0.2) is 0 Å². The molecule has 0 bridgehead atoms. The lowest BCUT2D eigenvalue weighted by Gasteiger charge is -2.25. The zero-order valence-electron chi connectivity index (χ0n) is 18.2. The Morgan fingerprint density at radius 2 is 2.09 bits per heavy atom. The van der Waals surface area contributed by atoms with Gasteiger partial charge in [-0.15, -0.1) is 0 Å². The number of nitrogens with zero attached hydrogens (tertiary/aromatic N) is 4. The second kappa shape index (κ2) is 7.95. The number of hydrogen-bond acceptors (Lipinski definition) is 8. The third-order valence-corrected chi connectivity index (χ3v) is 6.88. The second-order valence-electron chi connectivity index (χ2n) is 8.81. The maximum Gasteiger partial charge on any atom is 0.143 e. The molecule has 3 N–H and O–H groups in total. The Kier molecular flexibility index (Phi) is 4.90. The lowest BCUT2D eigenvalue weighted by atomic mass is 9.95.